The number of aromatic nitrogens is 2. The van der Waals surface area contributed by atoms with E-state index in [9.17, 15) is 14.4 Å². The Labute approximate surface area is 203 Å². The quantitative estimate of drug-likeness (QED) is 0.525. The summed E-state index contributed by atoms with van der Waals surface area (Å²) >= 11 is 0. The molecule has 35 heavy (non-hydrogen) atoms. The number of benzene rings is 2. The summed E-state index contributed by atoms with van der Waals surface area (Å²) in [6, 6.07) is 11.0. The zero-order valence-corrected chi connectivity index (χ0v) is 20.0. The van der Waals surface area contributed by atoms with Crippen molar-refractivity contribution in [3.8, 4) is 0 Å². The van der Waals surface area contributed by atoms with Gasteiger partial charge in [0.15, 0.2) is 5.78 Å². The number of anilines is 1. The smallest absolute Gasteiger partial charge is 0.322 e. The van der Waals surface area contributed by atoms with Crippen molar-refractivity contribution in [1.29, 1.82) is 0 Å². The summed E-state index contributed by atoms with van der Waals surface area (Å²) in [4.78, 5) is 41.6. The van der Waals surface area contributed by atoms with Crippen molar-refractivity contribution in [2.24, 2.45) is 0 Å². The first-order valence-electron chi connectivity index (χ1n) is 12.0. The topological polar surface area (TPSA) is 110 Å². The standard InChI is InChI=1S/C26H30N6O3/c1-16-11-18(12-20-14-27-30-24(16)20)13-23(17(2)33)29-25(34)31-9-7-21(8-10-31)32-15-19-5-3-4-6-22(19)28-26(32)35/h3-6,11-12,14,21,23H,7-10,13,15H2,1-2H3,(H,27,30)(H,28,35)(H,29,34)/t23-/m1/s1. The Kier molecular flexibility index (Phi) is 6.15. The van der Waals surface area contributed by atoms with Gasteiger partial charge in [0.25, 0.3) is 0 Å². The van der Waals surface area contributed by atoms with Crippen molar-refractivity contribution in [2.75, 3.05) is 18.4 Å². The lowest BCUT2D eigenvalue weighted by Gasteiger charge is -2.40. The molecule has 1 saturated heterocycles. The van der Waals surface area contributed by atoms with Crippen molar-refractivity contribution in [3.05, 3.63) is 59.3 Å². The molecule has 0 spiro atoms. The number of ketones is 1. The van der Waals surface area contributed by atoms with Crippen LogP contribution in [-0.4, -0.2) is 63.0 Å². The van der Waals surface area contributed by atoms with E-state index >= 15 is 0 Å². The number of hydrogen-bond donors (Lipinski definition) is 3. The van der Waals surface area contributed by atoms with Crippen LogP contribution in [0.3, 0.4) is 0 Å². The summed E-state index contributed by atoms with van der Waals surface area (Å²) in [6.45, 7) is 5.15. The third kappa shape index (κ3) is 4.71. The minimum Gasteiger partial charge on any atom is -0.328 e. The van der Waals surface area contributed by atoms with E-state index in [1.54, 1.807) is 11.1 Å². The van der Waals surface area contributed by atoms with Gasteiger partial charge in [0.2, 0.25) is 0 Å². The number of hydrogen-bond acceptors (Lipinski definition) is 4. The summed E-state index contributed by atoms with van der Waals surface area (Å²) in [5.41, 5.74) is 4.97. The highest BCUT2D eigenvalue weighted by Crippen LogP contribution is 2.27. The van der Waals surface area contributed by atoms with E-state index in [0.717, 1.165) is 33.3 Å². The van der Waals surface area contributed by atoms with E-state index in [1.165, 1.54) is 6.92 Å². The molecule has 9 nitrogen and oxygen atoms in total. The molecule has 1 aromatic heterocycles. The number of carbonyl (C=O) groups excluding carboxylic acids is 3. The number of Topliss-reactive ketones (excluding diaryl/α,β-unsaturated/α-hetero) is 1. The molecular formula is C26H30N6O3. The second kappa shape index (κ2) is 9.40. The Balaban J connectivity index is 1.19. The molecule has 2 aliphatic heterocycles. The molecule has 182 valence electrons. The minimum atomic E-state index is -0.603. The summed E-state index contributed by atoms with van der Waals surface area (Å²) in [5, 5.41) is 14.0. The van der Waals surface area contributed by atoms with E-state index < -0.39 is 6.04 Å². The van der Waals surface area contributed by atoms with Gasteiger partial charge in [-0.2, -0.15) is 5.10 Å². The molecule has 5 rings (SSSR count). The predicted molar refractivity (Wildman–Crippen MR) is 133 cm³/mol. The largest absolute Gasteiger partial charge is 0.328 e. The van der Waals surface area contributed by atoms with Gasteiger partial charge in [-0.1, -0.05) is 24.3 Å². The molecule has 1 fully saturated rings. The number of nitrogens with zero attached hydrogens (tertiary/aromatic N) is 3. The van der Waals surface area contributed by atoms with E-state index in [4.69, 9.17) is 0 Å². The van der Waals surface area contributed by atoms with Crippen LogP contribution in [0.1, 0.15) is 36.5 Å². The molecule has 0 unspecified atom stereocenters. The summed E-state index contributed by atoms with van der Waals surface area (Å²) in [7, 11) is 0. The fourth-order valence-electron chi connectivity index (χ4n) is 5.10. The number of fused-ring (bicyclic) bond motifs is 2. The van der Waals surface area contributed by atoms with Gasteiger partial charge in [-0.05, 0) is 61.9 Å². The van der Waals surface area contributed by atoms with Crippen LogP contribution in [0.5, 0.6) is 0 Å². The Morgan fingerprint density at radius 2 is 1.97 bits per heavy atom. The van der Waals surface area contributed by atoms with Crippen LogP contribution in [0, 0.1) is 6.92 Å². The lowest BCUT2D eigenvalue weighted by atomic mass is 9.99. The number of carbonyl (C=O) groups is 3. The third-order valence-corrected chi connectivity index (χ3v) is 7.09. The van der Waals surface area contributed by atoms with Crippen molar-refractivity contribution in [3.63, 3.8) is 0 Å². The van der Waals surface area contributed by atoms with Gasteiger partial charge in [-0.3, -0.25) is 9.89 Å². The number of rotatable bonds is 5. The van der Waals surface area contributed by atoms with Gasteiger partial charge < -0.3 is 20.4 Å². The summed E-state index contributed by atoms with van der Waals surface area (Å²) < 4.78 is 0. The van der Waals surface area contributed by atoms with Crippen LogP contribution < -0.4 is 10.6 Å². The molecule has 0 radical (unpaired) electrons. The van der Waals surface area contributed by atoms with Crippen LogP contribution in [0.4, 0.5) is 15.3 Å². The van der Waals surface area contributed by atoms with Gasteiger partial charge in [0.1, 0.15) is 0 Å². The van der Waals surface area contributed by atoms with Crippen molar-refractivity contribution in [2.45, 2.75) is 51.7 Å². The first-order chi connectivity index (χ1) is 16.9. The molecule has 2 aromatic carbocycles. The second-order valence-electron chi connectivity index (χ2n) is 9.50. The number of aromatic amines is 1. The van der Waals surface area contributed by atoms with Gasteiger partial charge in [0, 0.05) is 36.7 Å². The number of urea groups is 2. The molecule has 0 aliphatic carbocycles. The number of aryl methyl sites for hydroxylation is 1. The minimum absolute atomic E-state index is 0.0701. The molecule has 3 aromatic rings. The van der Waals surface area contributed by atoms with Crippen molar-refractivity contribution < 1.29 is 14.4 Å². The maximum atomic E-state index is 13.0. The number of para-hydroxylation sites is 1. The number of piperidine rings is 1. The van der Waals surface area contributed by atoms with Gasteiger partial charge in [0.05, 0.1) is 17.8 Å². The molecule has 0 bridgehead atoms. The highest BCUT2D eigenvalue weighted by Gasteiger charge is 2.33. The van der Waals surface area contributed by atoms with Crippen LogP contribution >= 0.6 is 0 Å². The highest BCUT2D eigenvalue weighted by atomic mass is 16.2. The third-order valence-electron chi connectivity index (χ3n) is 7.09. The Morgan fingerprint density at radius 3 is 2.74 bits per heavy atom. The Bertz CT molecular complexity index is 1280. The lowest BCUT2D eigenvalue weighted by molar-refractivity contribution is -0.118. The van der Waals surface area contributed by atoms with Crippen molar-refractivity contribution in [1.82, 2.24) is 25.3 Å². The molecule has 4 amide bonds. The lowest BCUT2D eigenvalue weighted by Crippen LogP contribution is -2.54. The first kappa shape index (κ1) is 22.9. The average Bonchev–Trinajstić information content (AvgIpc) is 3.32. The van der Waals surface area contributed by atoms with Crippen molar-refractivity contribution >= 4 is 34.4 Å². The monoisotopic (exact) mass is 474 g/mol. The average molecular weight is 475 g/mol. The van der Waals surface area contributed by atoms with E-state index in [1.807, 2.05) is 48.2 Å². The van der Waals surface area contributed by atoms with Crippen LogP contribution in [0.15, 0.2) is 42.6 Å². The number of likely N-dealkylation sites (tertiary alicyclic amines) is 1. The van der Waals surface area contributed by atoms with Crippen LogP contribution in [-0.2, 0) is 17.8 Å². The Morgan fingerprint density at radius 1 is 1.20 bits per heavy atom. The molecule has 1 atom stereocenters. The molecule has 3 heterocycles. The van der Waals surface area contributed by atoms with E-state index in [2.05, 4.69) is 20.8 Å². The van der Waals surface area contributed by atoms with E-state index in [-0.39, 0.29) is 23.9 Å². The number of nitrogens with one attached hydrogen (secondary N) is 3. The molecule has 2 aliphatic rings. The molecule has 0 saturated carbocycles. The van der Waals surface area contributed by atoms with Gasteiger partial charge in [-0.25, -0.2) is 9.59 Å². The van der Waals surface area contributed by atoms with Gasteiger partial charge >= 0.3 is 12.1 Å². The second-order valence-corrected chi connectivity index (χ2v) is 9.50. The molecule has 3 N–H and O–H groups in total. The normalized spacial score (nSPS) is 17.1. The predicted octanol–water partition coefficient (Wildman–Crippen LogP) is 3.59. The summed E-state index contributed by atoms with van der Waals surface area (Å²) in [6.07, 6.45) is 3.58. The van der Waals surface area contributed by atoms with Gasteiger partial charge in [-0.15, -0.1) is 0 Å². The maximum Gasteiger partial charge on any atom is 0.322 e. The fraction of sp³-hybridized carbons (Fsp3) is 0.385. The number of H-pyrrole nitrogens is 1. The molecular weight excluding hydrogens is 444 g/mol. The first-order valence-corrected chi connectivity index (χ1v) is 12.0. The molecule has 9 heteroatoms. The fourth-order valence-corrected chi connectivity index (χ4v) is 5.10. The number of amides is 4. The summed E-state index contributed by atoms with van der Waals surface area (Å²) in [5.74, 6) is -0.0816. The van der Waals surface area contributed by atoms with E-state index in [0.29, 0.717) is 38.9 Å². The highest BCUT2D eigenvalue weighted by molar-refractivity contribution is 5.92. The Hall–Kier alpha value is -3.88. The SMILES string of the molecule is CC(=O)[C@@H](Cc1cc(C)c2[nH]ncc2c1)NC(=O)N1CCC(N2Cc3ccccc3NC2=O)CC1. The zero-order valence-electron chi connectivity index (χ0n) is 20.0. The maximum absolute atomic E-state index is 13.0. The zero-order chi connectivity index (χ0) is 24.5. The van der Waals surface area contributed by atoms with Crippen LogP contribution in [0.25, 0.3) is 10.9 Å². The van der Waals surface area contributed by atoms with Crippen LogP contribution in [0.2, 0.25) is 0 Å².